The zero-order valence-corrected chi connectivity index (χ0v) is 17.2. The van der Waals surface area contributed by atoms with E-state index in [2.05, 4.69) is 5.32 Å². The predicted octanol–water partition coefficient (Wildman–Crippen LogP) is 3.43. The molecule has 162 valence electrons. The number of nitrogens with zero attached hydrogens (tertiary/aromatic N) is 2. The molecule has 0 aliphatic carbocycles. The average Bonchev–Trinajstić information content (AvgIpc) is 3.03. The molecule has 0 unspecified atom stereocenters. The van der Waals surface area contributed by atoms with Gasteiger partial charge in [0.05, 0.1) is 27.2 Å². The summed E-state index contributed by atoms with van der Waals surface area (Å²) in [7, 11) is 0. The lowest BCUT2D eigenvalue weighted by Gasteiger charge is -2.08. The van der Waals surface area contributed by atoms with Crippen molar-refractivity contribution in [2.24, 2.45) is 0 Å². The first-order valence-electron chi connectivity index (χ1n) is 9.24. The third kappa shape index (κ3) is 5.48. The molecule has 0 fully saturated rings. The van der Waals surface area contributed by atoms with E-state index in [4.69, 9.17) is 20.8 Å². The number of non-ortho nitro benzene ring substituents is 1. The van der Waals surface area contributed by atoms with Crippen LogP contribution in [0.4, 0.5) is 11.4 Å². The summed E-state index contributed by atoms with van der Waals surface area (Å²) >= 11 is 6.04. The van der Waals surface area contributed by atoms with Gasteiger partial charge in [0.1, 0.15) is 0 Å². The van der Waals surface area contributed by atoms with Crippen LogP contribution in [0.1, 0.15) is 18.4 Å². The van der Waals surface area contributed by atoms with Crippen molar-refractivity contribution in [2.75, 3.05) is 11.9 Å². The van der Waals surface area contributed by atoms with Gasteiger partial charge in [0.15, 0.2) is 12.2 Å². The highest BCUT2D eigenvalue weighted by molar-refractivity contribution is 6.33. The smallest absolute Gasteiger partial charge is 0.419 e. The summed E-state index contributed by atoms with van der Waals surface area (Å²) in [6.07, 6.45) is 0.209. The number of esters is 1. The quantitative estimate of drug-likeness (QED) is 0.317. The number of ether oxygens (including phenoxy) is 1. The van der Waals surface area contributed by atoms with Crippen LogP contribution >= 0.6 is 11.6 Å². The number of aromatic nitrogens is 1. The maximum atomic E-state index is 12.0. The van der Waals surface area contributed by atoms with E-state index < -0.39 is 29.2 Å². The molecule has 0 saturated carbocycles. The normalized spacial score (nSPS) is 10.8. The molecular formula is C20H18ClN3O7. The molecule has 0 bridgehead atoms. The van der Waals surface area contributed by atoms with Crippen LogP contribution in [-0.4, -0.2) is 28.0 Å². The van der Waals surface area contributed by atoms with Crippen LogP contribution in [-0.2, 0) is 20.9 Å². The van der Waals surface area contributed by atoms with Crippen molar-refractivity contribution in [1.82, 2.24) is 4.57 Å². The van der Waals surface area contributed by atoms with Gasteiger partial charge in [0, 0.05) is 19.0 Å². The maximum Gasteiger partial charge on any atom is 0.419 e. The lowest BCUT2D eigenvalue weighted by atomic mass is 10.2. The van der Waals surface area contributed by atoms with Gasteiger partial charge < -0.3 is 14.5 Å². The molecule has 0 saturated heterocycles. The fourth-order valence-electron chi connectivity index (χ4n) is 2.89. The zero-order valence-electron chi connectivity index (χ0n) is 16.4. The molecule has 1 aromatic heterocycles. The summed E-state index contributed by atoms with van der Waals surface area (Å²) in [5, 5.41) is 13.8. The summed E-state index contributed by atoms with van der Waals surface area (Å²) in [4.78, 5) is 46.0. The van der Waals surface area contributed by atoms with E-state index in [1.165, 1.54) is 22.8 Å². The Hall–Kier alpha value is -3.66. The van der Waals surface area contributed by atoms with Crippen LogP contribution in [0, 0.1) is 17.0 Å². The van der Waals surface area contributed by atoms with Gasteiger partial charge in [-0.15, -0.1) is 0 Å². The molecule has 0 aliphatic heterocycles. The van der Waals surface area contributed by atoms with Crippen LogP contribution in [0.3, 0.4) is 0 Å². The Morgan fingerprint density at radius 1 is 1.26 bits per heavy atom. The third-order valence-corrected chi connectivity index (χ3v) is 4.70. The second kappa shape index (κ2) is 9.43. The van der Waals surface area contributed by atoms with E-state index in [1.54, 1.807) is 18.2 Å². The number of benzene rings is 2. The van der Waals surface area contributed by atoms with E-state index in [1.807, 2.05) is 6.92 Å². The SMILES string of the molecule is Cc1ccc(NC(=O)COC(=O)CCCn2c(=O)oc3cc([N+](=O)[O-])ccc32)c(Cl)c1. The van der Waals surface area contributed by atoms with Crippen molar-refractivity contribution in [3.8, 4) is 0 Å². The minimum Gasteiger partial charge on any atom is -0.456 e. The monoisotopic (exact) mass is 447 g/mol. The summed E-state index contributed by atoms with van der Waals surface area (Å²) in [6, 6.07) is 8.98. The molecule has 1 heterocycles. The number of aryl methyl sites for hydroxylation is 2. The molecule has 10 nitrogen and oxygen atoms in total. The Kier molecular flexibility index (Phi) is 6.71. The van der Waals surface area contributed by atoms with Gasteiger partial charge in [-0.3, -0.25) is 24.3 Å². The van der Waals surface area contributed by atoms with Crippen LogP contribution < -0.4 is 11.1 Å². The topological polar surface area (TPSA) is 134 Å². The molecule has 0 spiro atoms. The van der Waals surface area contributed by atoms with Crippen LogP contribution in [0.2, 0.25) is 5.02 Å². The Labute approximate surface area is 180 Å². The third-order valence-electron chi connectivity index (χ3n) is 4.39. The van der Waals surface area contributed by atoms with Gasteiger partial charge in [-0.25, -0.2) is 4.79 Å². The molecule has 0 atom stereocenters. The van der Waals surface area contributed by atoms with Crippen molar-refractivity contribution in [3.05, 3.63) is 67.6 Å². The highest BCUT2D eigenvalue weighted by atomic mass is 35.5. The van der Waals surface area contributed by atoms with Gasteiger partial charge in [-0.1, -0.05) is 17.7 Å². The Bertz CT molecular complexity index is 1220. The van der Waals surface area contributed by atoms with Crippen molar-refractivity contribution >= 4 is 46.0 Å². The summed E-state index contributed by atoms with van der Waals surface area (Å²) < 4.78 is 11.2. The van der Waals surface area contributed by atoms with Crippen molar-refractivity contribution in [3.63, 3.8) is 0 Å². The number of fused-ring (bicyclic) bond motifs is 1. The number of oxazole rings is 1. The molecule has 11 heteroatoms. The molecule has 3 rings (SSSR count). The van der Waals surface area contributed by atoms with Crippen LogP contribution in [0.25, 0.3) is 11.1 Å². The summed E-state index contributed by atoms with van der Waals surface area (Å²) in [5.74, 6) is -1.82. The highest BCUT2D eigenvalue weighted by Crippen LogP contribution is 2.23. The molecule has 0 aliphatic rings. The van der Waals surface area contributed by atoms with Crippen molar-refractivity contribution in [1.29, 1.82) is 0 Å². The molecular weight excluding hydrogens is 430 g/mol. The Balaban J connectivity index is 1.49. The highest BCUT2D eigenvalue weighted by Gasteiger charge is 2.15. The maximum absolute atomic E-state index is 12.0. The number of hydrogen-bond donors (Lipinski definition) is 1. The van der Waals surface area contributed by atoms with E-state index in [9.17, 15) is 24.5 Å². The first kappa shape index (κ1) is 22.0. The minimum absolute atomic E-state index is 0.0370. The first-order valence-corrected chi connectivity index (χ1v) is 9.62. The lowest BCUT2D eigenvalue weighted by Crippen LogP contribution is -2.21. The predicted molar refractivity (Wildman–Crippen MR) is 112 cm³/mol. The van der Waals surface area contributed by atoms with E-state index in [0.717, 1.165) is 5.56 Å². The van der Waals surface area contributed by atoms with Gasteiger partial charge in [-0.05, 0) is 37.1 Å². The standard InChI is InChI=1S/C20H18ClN3O7/c1-12-4-6-15(14(21)9-12)22-18(25)11-30-19(26)3-2-8-23-16-7-5-13(24(28)29)10-17(16)31-20(23)27/h4-7,9-10H,2-3,8,11H2,1H3,(H,22,25). The molecule has 1 amide bonds. The van der Waals surface area contributed by atoms with Crippen molar-refractivity contribution in [2.45, 2.75) is 26.3 Å². The van der Waals surface area contributed by atoms with Crippen molar-refractivity contribution < 1.29 is 23.7 Å². The second-order valence-corrected chi connectivity index (χ2v) is 7.13. The second-order valence-electron chi connectivity index (χ2n) is 6.72. The Morgan fingerprint density at radius 2 is 2.03 bits per heavy atom. The van der Waals surface area contributed by atoms with E-state index in [-0.39, 0.29) is 30.7 Å². The fourth-order valence-corrected chi connectivity index (χ4v) is 3.17. The van der Waals surface area contributed by atoms with Gasteiger partial charge in [0.25, 0.3) is 11.6 Å². The fraction of sp³-hybridized carbons (Fsp3) is 0.250. The molecule has 31 heavy (non-hydrogen) atoms. The number of carbonyl (C=O) groups excluding carboxylic acids is 2. The molecule has 3 aromatic rings. The van der Waals surface area contributed by atoms with E-state index in [0.29, 0.717) is 16.2 Å². The largest absolute Gasteiger partial charge is 0.456 e. The number of nitro groups is 1. The molecule has 1 N–H and O–H groups in total. The van der Waals surface area contributed by atoms with Crippen LogP contribution in [0.5, 0.6) is 0 Å². The number of rotatable bonds is 8. The molecule has 0 radical (unpaired) electrons. The summed E-state index contributed by atoms with van der Waals surface area (Å²) in [5.41, 5.74) is 1.64. The molecule has 2 aromatic carbocycles. The number of halogens is 1. The first-order chi connectivity index (χ1) is 14.7. The number of amides is 1. The number of nitrogens with one attached hydrogen (secondary N) is 1. The number of nitro benzene ring substituents is 1. The minimum atomic E-state index is -0.682. The van der Waals surface area contributed by atoms with E-state index >= 15 is 0 Å². The Morgan fingerprint density at radius 3 is 2.74 bits per heavy atom. The summed E-state index contributed by atoms with van der Waals surface area (Å²) in [6.45, 7) is 1.54. The van der Waals surface area contributed by atoms with Crippen LogP contribution in [0.15, 0.2) is 45.6 Å². The van der Waals surface area contributed by atoms with Gasteiger partial charge >= 0.3 is 11.7 Å². The number of hydrogen-bond acceptors (Lipinski definition) is 7. The lowest BCUT2D eigenvalue weighted by molar-refractivity contribution is -0.384. The van der Waals surface area contributed by atoms with Gasteiger partial charge in [-0.2, -0.15) is 0 Å². The van der Waals surface area contributed by atoms with Gasteiger partial charge in [0.2, 0.25) is 0 Å². The number of carbonyl (C=O) groups is 2. The number of anilines is 1. The average molecular weight is 448 g/mol. The zero-order chi connectivity index (χ0) is 22.5.